The van der Waals surface area contributed by atoms with Crippen LogP contribution in [0.2, 0.25) is 0 Å². The predicted molar refractivity (Wildman–Crippen MR) is 71.0 cm³/mol. The fourth-order valence-corrected chi connectivity index (χ4v) is 2.88. The number of nitrogens with one attached hydrogen (secondary N) is 1. The van der Waals surface area contributed by atoms with Crippen molar-refractivity contribution >= 4 is 29.1 Å². The quantitative estimate of drug-likeness (QED) is 0.826. The number of thiophene rings is 1. The highest BCUT2D eigenvalue weighted by atomic mass is 32.1. The number of hydrogen-bond donors (Lipinski definition) is 2. The van der Waals surface area contributed by atoms with Gasteiger partial charge < -0.3 is 20.1 Å². The zero-order chi connectivity index (χ0) is 14.7. The van der Waals surface area contributed by atoms with Crippen molar-refractivity contribution in [2.75, 3.05) is 20.2 Å². The molecule has 1 fully saturated rings. The van der Waals surface area contributed by atoms with Crippen LogP contribution in [0.5, 0.6) is 5.75 Å². The molecule has 0 saturated carbocycles. The highest BCUT2D eigenvalue weighted by Crippen LogP contribution is 2.27. The molecule has 0 bridgehead atoms. The lowest BCUT2D eigenvalue weighted by Gasteiger charge is -2.34. The van der Waals surface area contributed by atoms with Crippen LogP contribution in [-0.2, 0) is 9.59 Å². The van der Waals surface area contributed by atoms with Crippen LogP contribution in [0.25, 0.3) is 0 Å². The summed E-state index contributed by atoms with van der Waals surface area (Å²) in [5, 5.41) is 13.2. The van der Waals surface area contributed by atoms with E-state index in [1.807, 2.05) is 0 Å². The molecule has 2 heterocycles. The molecular formula is C12H14N2O5S. The molecule has 0 spiro atoms. The van der Waals surface area contributed by atoms with Gasteiger partial charge in [0.2, 0.25) is 5.91 Å². The first-order chi connectivity index (χ1) is 9.54. The van der Waals surface area contributed by atoms with Gasteiger partial charge in [0.25, 0.3) is 5.91 Å². The number of nitrogens with zero attached hydrogens (tertiary/aromatic N) is 1. The Morgan fingerprint density at radius 2 is 2.35 bits per heavy atom. The minimum atomic E-state index is -1.12. The van der Waals surface area contributed by atoms with Crippen molar-refractivity contribution in [3.05, 3.63) is 16.3 Å². The van der Waals surface area contributed by atoms with Gasteiger partial charge >= 0.3 is 5.97 Å². The fraction of sp³-hybridized carbons (Fsp3) is 0.417. The van der Waals surface area contributed by atoms with E-state index in [1.165, 1.54) is 23.3 Å². The van der Waals surface area contributed by atoms with Crippen LogP contribution in [0, 0.1) is 0 Å². The molecule has 1 aromatic rings. The molecule has 108 valence electrons. The predicted octanol–water partition coefficient (Wildman–Crippen LogP) is 0.172. The minimum absolute atomic E-state index is 0.281. The number of rotatable bonds is 4. The maximum absolute atomic E-state index is 12.5. The van der Waals surface area contributed by atoms with Crippen molar-refractivity contribution in [2.24, 2.45) is 0 Å². The van der Waals surface area contributed by atoms with Crippen molar-refractivity contribution in [1.29, 1.82) is 0 Å². The van der Waals surface area contributed by atoms with Crippen LogP contribution in [0.3, 0.4) is 0 Å². The summed E-state index contributed by atoms with van der Waals surface area (Å²) in [5.41, 5.74) is 0. The number of methoxy groups -OCH3 is 1. The van der Waals surface area contributed by atoms with E-state index in [1.54, 1.807) is 11.4 Å². The lowest BCUT2D eigenvalue weighted by atomic mass is 10.1. The van der Waals surface area contributed by atoms with Crippen LogP contribution in [0.1, 0.15) is 16.1 Å². The molecule has 1 atom stereocenters. The van der Waals surface area contributed by atoms with E-state index in [-0.39, 0.29) is 12.5 Å². The Labute approximate surface area is 119 Å². The molecule has 2 rings (SSSR count). The van der Waals surface area contributed by atoms with Crippen molar-refractivity contribution in [3.8, 4) is 5.75 Å². The largest absolute Gasteiger partial charge is 0.495 e. The number of carboxylic acid groups (broad SMARTS) is 1. The summed E-state index contributed by atoms with van der Waals surface area (Å²) in [7, 11) is 1.45. The summed E-state index contributed by atoms with van der Waals surface area (Å²) in [6.07, 6.45) is -0.411. The zero-order valence-electron chi connectivity index (χ0n) is 10.8. The van der Waals surface area contributed by atoms with Gasteiger partial charge in [-0.25, -0.2) is 0 Å². The van der Waals surface area contributed by atoms with Crippen molar-refractivity contribution in [2.45, 2.75) is 12.5 Å². The Hall–Kier alpha value is -2.09. The van der Waals surface area contributed by atoms with E-state index >= 15 is 0 Å². The van der Waals surface area contributed by atoms with Crippen molar-refractivity contribution in [3.63, 3.8) is 0 Å². The van der Waals surface area contributed by atoms with Gasteiger partial charge in [-0.3, -0.25) is 14.4 Å². The summed E-state index contributed by atoms with van der Waals surface area (Å²) >= 11 is 1.20. The Morgan fingerprint density at radius 1 is 1.60 bits per heavy atom. The van der Waals surface area contributed by atoms with Gasteiger partial charge in [0, 0.05) is 13.1 Å². The van der Waals surface area contributed by atoms with Gasteiger partial charge in [0.1, 0.15) is 16.7 Å². The SMILES string of the molecule is COc1ccsc1C(=O)N1CCNC(=O)C1CC(=O)O. The van der Waals surface area contributed by atoms with Gasteiger partial charge in [-0.1, -0.05) is 0 Å². The summed E-state index contributed by atoms with van der Waals surface area (Å²) < 4.78 is 5.09. The van der Waals surface area contributed by atoms with Crippen LogP contribution < -0.4 is 10.1 Å². The molecule has 0 aliphatic carbocycles. The summed E-state index contributed by atoms with van der Waals surface area (Å²) in [6, 6.07) is 0.675. The zero-order valence-corrected chi connectivity index (χ0v) is 11.6. The molecule has 1 aliphatic rings. The second kappa shape index (κ2) is 5.91. The Morgan fingerprint density at radius 3 is 3.00 bits per heavy atom. The molecule has 1 aliphatic heterocycles. The van der Waals surface area contributed by atoms with Crippen molar-refractivity contribution in [1.82, 2.24) is 10.2 Å². The maximum atomic E-state index is 12.5. The lowest BCUT2D eigenvalue weighted by Crippen LogP contribution is -2.57. The third kappa shape index (κ3) is 2.74. The topological polar surface area (TPSA) is 95.9 Å². The van der Waals surface area contributed by atoms with E-state index in [2.05, 4.69) is 5.32 Å². The molecule has 1 unspecified atom stereocenters. The second-order valence-electron chi connectivity index (χ2n) is 4.22. The van der Waals surface area contributed by atoms with Gasteiger partial charge in [-0.05, 0) is 11.4 Å². The first-order valence-corrected chi connectivity index (χ1v) is 6.84. The van der Waals surface area contributed by atoms with Crippen LogP contribution in [0.4, 0.5) is 0 Å². The van der Waals surface area contributed by atoms with Gasteiger partial charge in [-0.15, -0.1) is 11.3 Å². The molecule has 2 amide bonds. The fourth-order valence-electron chi connectivity index (χ4n) is 2.07. The monoisotopic (exact) mass is 298 g/mol. The van der Waals surface area contributed by atoms with E-state index < -0.39 is 24.3 Å². The highest BCUT2D eigenvalue weighted by Gasteiger charge is 2.36. The van der Waals surface area contributed by atoms with E-state index in [9.17, 15) is 14.4 Å². The molecule has 0 aromatic carbocycles. The Bertz CT molecular complexity index is 542. The average molecular weight is 298 g/mol. The summed E-state index contributed by atoms with van der Waals surface area (Å²) in [4.78, 5) is 36.8. The first-order valence-electron chi connectivity index (χ1n) is 5.96. The molecule has 1 aromatic heterocycles. The highest BCUT2D eigenvalue weighted by molar-refractivity contribution is 7.12. The maximum Gasteiger partial charge on any atom is 0.305 e. The number of piperazine rings is 1. The molecule has 1 saturated heterocycles. The van der Waals surface area contributed by atoms with E-state index in [0.717, 1.165) is 0 Å². The second-order valence-corrected chi connectivity index (χ2v) is 5.14. The number of aliphatic carboxylic acids is 1. The molecule has 2 N–H and O–H groups in total. The number of carbonyl (C=O) groups excluding carboxylic acids is 2. The van der Waals surface area contributed by atoms with Gasteiger partial charge in [0.15, 0.2) is 0 Å². The number of carbonyl (C=O) groups is 3. The van der Waals surface area contributed by atoms with Crippen LogP contribution in [-0.4, -0.2) is 54.0 Å². The number of amides is 2. The van der Waals surface area contributed by atoms with E-state index in [0.29, 0.717) is 17.2 Å². The third-order valence-corrected chi connectivity index (χ3v) is 3.89. The molecule has 0 radical (unpaired) electrons. The third-order valence-electron chi connectivity index (χ3n) is 3.00. The Balaban J connectivity index is 2.26. The molecular weight excluding hydrogens is 284 g/mol. The van der Waals surface area contributed by atoms with Gasteiger partial charge in [-0.2, -0.15) is 0 Å². The number of ether oxygens (including phenoxy) is 1. The lowest BCUT2D eigenvalue weighted by molar-refractivity contribution is -0.142. The smallest absolute Gasteiger partial charge is 0.305 e. The molecule has 20 heavy (non-hydrogen) atoms. The number of carboxylic acids is 1. The summed E-state index contributed by atoms with van der Waals surface area (Å²) in [6.45, 7) is 0.595. The first kappa shape index (κ1) is 14.3. The number of hydrogen-bond acceptors (Lipinski definition) is 5. The minimum Gasteiger partial charge on any atom is -0.495 e. The van der Waals surface area contributed by atoms with Crippen LogP contribution >= 0.6 is 11.3 Å². The molecule has 7 nitrogen and oxygen atoms in total. The average Bonchev–Trinajstić information content (AvgIpc) is 2.88. The van der Waals surface area contributed by atoms with E-state index in [4.69, 9.17) is 9.84 Å². The van der Waals surface area contributed by atoms with Crippen molar-refractivity contribution < 1.29 is 24.2 Å². The normalized spacial score (nSPS) is 18.6. The van der Waals surface area contributed by atoms with Crippen LogP contribution in [0.15, 0.2) is 11.4 Å². The molecule has 8 heteroatoms. The van der Waals surface area contributed by atoms with Gasteiger partial charge in [0.05, 0.1) is 13.5 Å². The Kier molecular flexibility index (Phi) is 4.23. The summed E-state index contributed by atoms with van der Waals surface area (Å²) in [5.74, 6) is -1.51. The standard InChI is InChI=1S/C12H14N2O5S/c1-19-8-2-5-20-10(8)12(18)14-4-3-13-11(17)7(14)6-9(15)16/h2,5,7H,3-4,6H2,1H3,(H,13,17)(H,15,16).